The highest BCUT2D eigenvalue weighted by atomic mass is 16.5. The van der Waals surface area contributed by atoms with Crippen molar-refractivity contribution in [1.82, 2.24) is 10.2 Å². The molecule has 4 nitrogen and oxygen atoms in total. The van der Waals surface area contributed by atoms with Gasteiger partial charge in [0.05, 0.1) is 13.2 Å². The number of hydrogen-bond donors (Lipinski definition) is 1. The van der Waals surface area contributed by atoms with Crippen LogP contribution in [0.15, 0.2) is 10.5 Å². The largest absolute Gasteiger partial charge is 0.465 e. The highest BCUT2D eigenvalue weighted by Gasteiger charge is 2.17. The van der Waals surface area contributed by atoms with Gasteiger partial charge in [0.25, 0.3) is 0 Å². The van der Waals surface area contributed by atoms with Gasteiger partial charge in [-0.25, -0.2) is 0 Å². The second kappa shape index (κ2) is 8.57. The van der Waals surface area contributed by atoms with Gasteiger partial charge in [-0.15, -0.1) is 0 Å². The summed E-state index contributed by atoms with van der Waals surface area (Å²) in [6.45, 7) is 10.0. The monoisotopic (exact) mass is 294 g/mol. The molecule has 1 aliphatic heterocycles. The van der Waals surface area contributed by atoms with E-state index in [9.17, 15) is 0 Å². The van der Waals surface area contributed by atoms with Crippen LogP contribution in [0.3, 0.4) is 0 Å². The lowest BCUT2D eigenvalue weighted by Crippen LogP contribution is -2.30. The van der Waals surface area contributed by atoms with Gasteiger partial charge in [-0.1, -0.05) is 6.92 Å². The van der Waals surface area contributed by atoms with Gasteiger partial charge in [-0.05, 0) is 51.8 Å². The van der Waals surface area contributed by atoms with Crippen LogP contribution < -0.4 is 5.32 Å². The molecule has 4 heteroatoms. The van der Waals surface area contributed by atoms with Crippen molar-refractivity contribution < 1.29 is 9.15 Å². The number of hydrogen-bond acceptors (Lipinski definition) is 4. The fourth-order valence-electron chi connectivity index (χ4n) is 2.96. The van der Waals surface area contributed by atoms with Crippen molar-refractivity contribution in [3.8, 4) is 0 Å². The molecule has 0 aliphatic carbocycles. The molecule has 1 unspecified atom stereocenters. The van der Waals surface area contributed by atoms with Crippen molar-refractivity contribution in [2.24, 2.45) is 5.92 Å². The molecule has 1 aliphatic rings. The van der Waals surface area contributed by atoms with Crippen LogP contribution in [0.25, 0.3) is 0 Å². The van der Waals surface area contributed by atoms with E-state index in [1.165, 1.54) is 18.4 Å². The molecule has 0 radical (unpaired) electrons. The molecule has 120 valence electrons. The summed E-state index contributed by atoms with van der Waals surface area (Å²) in [7, 11) is 2.17. The standard InChI is InChI=1S/C17H30N2O2/c1-4-7-18-10-16-9-17(21-14(16)2)12-19(3)11-15-6-5-8-20-13-15/h9,15,18H,4-8,10-13H2,1-3H3. The molecule has 0 bridgehead atoms. The average Bonchev–Trinajstić information content (AvgIpc) is 2.80. The molecule has 2 heterocycles. The van der Waals surface area contributed by atoms with E-state index < -0.39 is 0 Å². The molecule has 1 aromatic heterocycles. The number of furan rings is 1. The third kappa shape index (κ3) is 5.46. The summed E-state index contributed by atoms with van der Waals surface area (Å²) in [5.41, 5.74) is 1.29. The third-order valence-electron chi connectivity index (χ3n) is 4.06. The summed E-state index contributed by atoms with van der Waals surface area (Å²) in [6, 6.07) is 2.20. The first kappa shape index (κ1) is 16.5. The lowest BCUT2D eigenvalue weighted by molar-refractivity contribution is 0.0403. The third-order valence-corrected chi connectivity index (χ3v) is 4.06. The van der Waals surface area contributed by atoms with Gasteiger partial charge in [-0.3, -0.25) is 4.90 Å². The first-order valence-corrected chi connectivity index (χ1v) is 8.24. The number of aryl methyl sites for hydroxylation is 1. The zero-order valence-electron chi connectivity index (χ0n) is 13.8. The van der Waals surface area contributed by atoms with E-state index in [0.717, 1.165) is 57.3 Å². The first-order valence-electron chi connectivity index (χ1n) is 8.24. The highest BCUT2D eigenvalue weighted by Crippen LogP contribution is 2.18. The molecule has 0 aromatic carbocycles. The Bertz CT molecular complexity index is 411. The summed E-state index contributed by atoms with van der Waals surface area (Å²) in [5, 5.41) is 3.43. The Kier molecular flexibility index (Phi) is 6.74. The molecule has 1 fully saturated rings. The van der Waals surface area contributed by atoms with Crippen molar-refractivity contribution in [2.45, 2.75) is 46.2 Å². The maximum absolute atomic E-state index is 5.89. The van der Waals surface area contributed by atoms with E-state index in [1.54, 1.807) is 0 Å². The number of rotatable bonds is 8. The molecular weight excluding hydrogens is 264 g/mol. The molecule has 1 N–H and O–H groups in total. The maximum atomic E-state index is 5.89. The molecule has 0 saturated carbocycles. The van der Waals surface area contributed by atoms with Gasteiger partial charge in [0, 0.05) is 25.3 Å². The van der Waals surface area contributed by atoms with Gasteiger partial charge in [0.1, 0.15) is 11.5 Å². The SMILES string of the molecule is CCCNCc1cc(CN(C)CC2CCCOC2)oc1C. The fourth-order valence-corrected chi connectivity index (χ4v) is 2.96. The summed E-state index contributed by atoms with van der Waals surface area (Å²) < 4.78 is 11.4. The van der Waals surface area contributed by atoms with Crippen molar-refractivity contribution in [1.29, 1.82) is 0 Å². The predicted octanol–water partition coefficient (Wildman–Crippen LogP) is 2.95. The van der Waals surface area contributed by atoms with Crippen LogP contribution in [0, 0.1) is 12.8 Å². The molecule has 1 atom stereocenters. The van der Waals surface area contributed by atoms with Crippen LogP contribution in [0.2, 0.25) is 0 Å². The molecule has 1 aromatic rings. The van der Waals surface area contributed by atoms with Gasteiger partial charge < -0.3 is 14.5 Å². The zero-order chi connectivity index (χ0) is 15.1. The van der Waals surface area contributed by atoms with Gasteiger partial charge >= 0.3 is 0 Å². The Morgan fingerprint density at radius 1 is 1.43 bits per heavy atom. The van der Waals surface area contributed by atoms with Crippen molar-refractivity contribution >= 4 is 0 Å². The van der Waals surface area contributed by atoms with Crippen molar-refractivity contribution in [3.63, 3.8) is 0 Å². The summed E-state index contributed by atoms with van der Waals surface area (Å²) in [4.78, 5) is 2.35. The van der Waals surface area contributed by atoms with Gasteiger partial charge in [0.15, 0.2) is 0 Å². The molecule has 0 amide bonds. The van der Waals surface area contributed by atoms with Crippen LogP contribution in [0.5, 0.6) is 0 Å². The molecule has 1 saturated heterocycles. The quantitative estimate of drug-likeness (QED) is 0.748. The summed E-state index contributed by atoms with van der Waals surface area (Å²) in [5.74, 6) is 2.79. The van der Waals surface area contributed by atoms with Crippen LogP contribution >= 0.6 is 0 Å². The Morgan fingerprint density at radius 3 is 3.00 bits per heavy atom. The number of nitrogens with zero attached hydrogens (tertiary/aromatic N) is 1. The van der Waals surface area contributed by atoms with Gasteiger partial charge in [0.2, 0.25) is 0 Å². The Hall–Kier alpha value is -0.840. The molecule has 2 rings (SSSR count). The van der Waals surface area contributed by atoms with Crippen molar-refractivity contribution in [3.05, 3.63) is 23.2 Å². The second-order valence-electron chi connectivity index (χ2n) is 6.25. The van der Waals surface area contributed by atoms with Crippen molar-refractivity contribution in [2.75, 3.05) is 33.4 Å². The topological polar surface area (TPSA) is 37.6 Å². The minimum absolute atomic E-state index is 0.672. The summed E-state index contributed by atoms with van der Waals surface area (Å²) >= 11 is 0. The molecule has 0 spiro atoms. The first-order chi connectivity index (χ1) is 10.2. The predicted molar refractivity (Wildman–Crippen MR) is 85.3 cm³/mol. The van der Waals surface area contributed by atoms with Crippen LogP contribution in [-0.4, -0.2) is 38.3 Å². The second-order valence-corrected chi connectivity index (χ2v) is 6.25. The van der Waals surface area contributed by atoms with Crippen LogP contribution in [0.4, 0.5) is 0 Å². The fraction of sp³-hybridized carbons (Fsp3) is 0.765. The molecule has 21 heavy (non-hydrogen) atoms. The average molecular weight is 294 g/mol. The minimum atomic E-state index is 0.672. The minimum Gasteiger partial charge on any atom is -0.465 e. The smallest absolute Gasteiger partial charge is 0.118 e. The van der Waals surface area contributed by atoms with Crippen LogP contribution in [-0.2, 0) is 17.8 Å². The van der Waals surface area contributed by atoms with E-state index in [0.29, 0.717) is 5.92 Å². The Labute approximate surface area is 128 Å². The van der Waals surface area contributed by atoms with E-state index in [2.05, 4.69) is 37.2 Å². The highest BCUT2D eigenvalue weighted by molar-refractivity contribution is 5.20. The Balaban J connectivity index is 1.79. The summed E-state index contributed by atoms with van der Waals surface area (Å²) in [6.07, 6.45) is 3.65. The lowest BCUT2D eigenvalue weighted by Gasteiger charge is -2.26. The van der Waals surface area contributed by atoms with E-state index in [4.69, 9.17) is 9.15 Å². The van der Waals surface area contributed by atoms with E-state index >= 15 is 0 Å². The van der Waals surface area contributed by atoms with E-state index in [1.807, 2.05) is 0 Å². The lowest BCUT2D eigenvalue weighted by atomic mass is 10.0. The normalized spacial score (nSPS) is 19.3. The van der Waals surface area contributed by atoms with Gasteiger partial charge in [-0.2, -0.15) is 0 Å². The van der Waals surface area contributed by atoms with E-state index in [-0.39, 0.29) is 0 Å². The Morgan fingerprint density at radius 2 is 2.29 bits per heavy atom. The zero-order valence-corrected chi connectivity index (χ0v) is 13.8. The number of ether oxygens (including phenoxy) is 1. The molecular formula is C17H30N2O2. The van der Waals surface area contributed by atoms with Crippen LogP contribution in [0.1, 0.15) is 43.3 Å². The number of nitrogens with one attached hydrogen (secondary N) is 1. The maximum Gasteiger partial charge on any atom is 0.118 e.